The van der Waals surface area contributed by atoms with Crippen molar-refractivity contribution in [3.63, 3.8) is 0 Å². The number of aliphatic hydroxyl groups excluding tert-OH is 1. The SMILES string of the molecule is C=CCCCC[C@@H](O)COC. The molecule has 0 heterocycles. The second-order valence-corrected chi connectivity index (χ2v) is 2.68. The lowest BCUT2D eigenvalue weighted by atomic mass is 10.1. The summed E-state index contributed by atoms with van der Waals surface area (Å²) >= 11 is 0. The Morgan fingerprint density at radius 1 is 1.55 bits per heavy atom. The molecular formula is C9H18O2. The highest BCUT2D eigenvalue weighted by Gasteiger charge is 2.00. The van der Waals surface area contributed by atoms with Gasteiger partial charge in [-0.3, -0.25) is 0 Å². The first kappa shape index (κ1) is 10.7. The molecule has 0 unspecified atom stereocenters. The van der Waals surface area contributed by atoms with E-state index in [0.29, 0.717) is 6.61 Å². The summed E-state index contributed by atoms with van der Waals surface area (Å²) in [5.41, 5.74) is 0. The maximum atomic E-state index is 9.20. The highest BCUT2D eigenvalue weighted by Crippen LogP contribution is 2.03. The maximum absolute atomic E-state index is 9.20. The third-order valence-electron chi connectivity index (χ3n) is 1.55. The first-order valence-corrected chi connectivity index (χ1v) is 4.09. The van der Waals surface area contributed by atoms with Gasteiger partial charge in [0.05, 0.1) is 12.7 Å². The normalized spacial score (nSPS) is 12.9. The topological polar surface area (TPSA) is 29.5 Å². The number of methoxy groups -OCH3 is 1. The van der Waals surface area contributed by atoms with Gasteiger partial charge in [0.15, 0.2) is 0 Å². The minimum absolute atomic E-state index is 0.287. The van der Waals surface area contributed by atoms with Crippen LogP contribution in [0.1, 0.15) is 25.7 Å². The summed E-state index contributed by atoms with van der Waals surface area (Å²) in [4.78, 5) is 0. The number of aliphatic hydroxyl groups is 1. The van der Waals surface area contributed by atoms with Crippen molar-refractivity contribution in [2.24, 2.45) is 0 Å². The van der Waals surface area contributed by atoms with Crippen LogP contribution in [0, 0.1) is 0 Å². The summed E-state index contributed by atoms with van der Waals surface area (Å²) in [6.45, 7) is 4.08. The fourth-order valence-electron chi connectivity index (χ4n) is 0.944. The quantitative estimate of drug-likeness (QED) is 0.451. The van der Waals surface area contributed by atoms with Gasteiger partial charge in [-0.2, -0.15) is 0 Å². The third-order valence-corrected chi connectivity index (χ3v) is 1.55. The minimum Gasteiger partial charge on any atom is -0.391 e. The van der Waals surface area contributed by atoms with E-state index >= 15 is 0 Å². The Morgan fingerprint density at radius 3 is 2.82 bits per heavy atom. The van der Waals surface area contributed by atoms with Gasteiger partial charge < -0.3 is 9.84 Å². The van der Waals surface area contributed by atoms with Crippen molar-refractivity contribution in [1.29, 1.82) is 0 Å². The summed E-state index contributed by atoms with van der Waals surface area (Å²) in [5, 5.41) is 9.20. The van der Waals surface area contributed by atoms with E-state index in [9.17, 15) is 5.11 Å². The molecule has 11 heavy (non-hydrogen) atoms. The zero-order valence-electron chi connectivity index (χ0n) is 7.25. The van der Waals surface area contributed by atoms with Crippen LogP contribution in [0.4, 0.5) is 0 Å². The second kappa shape index (κ2) is 7.76. The largest absolute Gasteiger partial charge is 0.391 e. The Hall–Kier alpha value is -0.340. The van der Waals surface area contributed by atoms with E-state index in [0.717, 1.165) is 25.7 Å². The fraction of sp³-hybridized carbons (Fsp3) is 0.778. The number of hydrogen-bond acceptors (Lipinski definition) is 2. The number of allylic oxidation sites excluding steroid dienone is 1. The summed E-state index contributed by atoms with van der Waals surface area (Å²) in [5.74, 6) is 0. The van der Waals surface area contributed by atoms with Crippen LogP contribution in [0.5, 0.6) is 0 Å². The van der Waals surface area contributed by atoms with Crippen molar-refractivity contribution in [3.05, 3.63) is 12.7 Å². The van der Waals surface area contributed by atoms with Crippen LogP contribution in [0.3, 0.4) is 0 Å². The fourth-order valence-corrected chi connectivity index (χ4v) is 0.944. The summed E-state index contributed by atoms with van der Waals surface area (Å²) in [7, 11) is 1.60. The van der Waals surface area contributed by atoms with Crippen LogP contribution in [-0.4, -0.2) is 24.9 Å². The Morgan fingerprint density at radius 2 is 2.27 bits per heavy atom. The van der Waals surface area contributed by atoms with Gasteiger partial charge >= 0.3 is 0 Å². The van der Waals surface area contributed by atoms with E-state index in [-0.39, 0.29) is 6.10 Å². The van der Waals surface area contributed by atoms with Crippen LogP contribution < -0.4 is 0 Å². The van der Waals surface area contributed by atoms with E-state index in [4.69, 9.17) is 4.74 Å². The van der Waals surface area contributed by atoms with Crippen LogP contribution in [0.2, 0.25) is 0 Å². The number of rotatable bonds is 7. The average Bonchev–Trinajstić information content (AvgIpc) is 1.99. The molecule has 0 saturated heterocycles. The Balaban J connectivity index is 3.03. The van der Waals surface area contributed by atoms with Gasteiger partial charge in [-0.25, -0.2) is 0 Å². The van der Waals surface area contributed by atoms with Gasteiger partial charge in [0.25, 0.3) is 0 Å². The van der Waals surface area contributed by atoms with E-state index in [1.807, 2.05) is 6.08 Å². The monoisotopic (exact) mass is 158 g/mol. The molecule has 0 bridgehead atoms. The Bertz CT molecular complexity index is 91.6. The lowest BCUT2D eigenvalue weighted by Gasteiger charge is -2.07. The maximum Gasteiger partial charge on any atom is 0.0773 e. The van der Waals surface area contributed by atoms with Crippen LogP contribution in [0.15, 0.2) is 12.7 Å². The lowest BCUT2D eigenvalue weighted by Crippen LogP contribution is -2.13. The van der Waals surface area contributed by atoms with Crippen molar-refractivity contribution in [1.82, 2.24) is 0 Å². The van der Waals surface area contributed by atoms with Crippen molar-refractivity contribution in [2.75, 3.05) is 13.7 Å². The van der Waals surface area contributed by atoms with Crippen molar-refractivity contribution >= 4 is 0 Å². The minimum atomic E-state index is -0.287. The van der Waals surface area contributed by atoms with E-state index in [2.05, 4.69) is 6.58 Å². The molecule has 2 heteroatoms. The molecule has 0 rings (SSSR count). The van der Waals surface area contributed by atoms with Crippen LogP contribution in [-0.2, 0) is 4.74 Å². The predicted octanol–water partition coefficient (Wildman–Crippen LogP) is 1.74. The molecule has 0 fully saturated rings. The highest BCUT2D eigenvalue weighted by atomic mass is 16.5. The molecule has 0 aromatic carbocycles. The van der Waals surface area contributed by atoms with Crippen molar-refractivity contribution in [2.45, 2.75) is 31.8 Å². The first-order valence-electron chi connectivity index (χ1n) is 4.09. The van der Waals surface area contributed by atoms with Crippen molar-refractivity contribution < 1.29 is 9.84 Å². The van der Waals surface area contributed by atoms with Crippen molar-refractivity contribution in [3.8, 4) is 0 Å². The van der Waals surface area contributed by atoms with E-state index < -0.39 is 0 Å². The molecule has 1 N–H and O–H groups in total. The average molecular weight is 158 g/mol. The molecule has 0 aliphatic carbocycles. The van der Waals surface area contributed by atoms with Gasteiger partial charge in [0, 0.05) is 7.11 Å². The van der Waals surface area contributed by atoms with Gasteiger partial charge in [-0.15, -0.1) is 6.58 Å². The van der Waals surface area contributed by atoms with Gasteiger partial charge in [0.2, 0.25) is 0 Å². The van der Waals surface area contributed by atoms with E-state index in [1.54, 1.807) is 7.11 Å². The van der Waals surface area contributed by atoms with Gasteiger partial charge in [-0.05, 0) is 19.3 Å². The molecule has 66 valence electrons. The molecular weight excluding hydrogens is 140 g/mol. The molecule has 2 nitrogen and oxygen atoms in total. The molecule has 0 aliphatic rings. The summed E-state index contributed by atoms with van der Waals surface area (Å²) in [6.07, 6.45) is 5.66. The molecule has 0 aromatic heterocycles. The third kappa shape index (κ3) is 7.56. The number of hydrogen-bond donors (Lipinski definition) is 1. The smallest absolute Gasteiger partial charge is 0.0773 e. The lowest BCUT2D eigenvalue weighted by molar-refractivity contribution is 0.0577. The van der Waals surface area contributed by atoms with Crippen LogP contribution >= 0.6 is 0 Å². The highest BCUT2D eigenvalue weighted by molar-refractivity contribution is 4.66. The molecule has 0 aliphatic heterocycles. The second-order valence-electron chi connectivity index (χ2n) is 2.68. The van der Waals surface area contributed by atoms with Crippen LogP contribution in [0.25, 0.3) is 0 Å². The zero-order chi connectivity index (χ0) is 8.53. The zero-order valence-corrected chi connectivity index (χ0v) is 7.25. The molecule has 0 saturated carbocycles. The van der Waals surface area contributed by atoms with Gasteiger partial charge in [-0.1, -0.05) is 12.5 Å². The molecule has 0 aromatic rings. The standard InChI is InChI=1S/C9H18O2/c1-3-4-5-6-7-9(10)8-11-2/h3,9-10H,1,4-8H2,2H3/t9-/m1/s1. The summed E-state index contributed by atoms with van der Waals surface area (Å²) in [6, 6.07) is 0. The summed E-state index contributed by atoms with van der Waals surface area (Å²) < 4.78 is 4.79. The number of ether oxygens (including phenoxy) is 1. The Kier molecular flexibility index (Phi) is 7.52. The Labute approximate surface area is 68.9 Å². The van der Waals surface area contributed by atoms with Gasteiger partial charge in [0.1, 0.15) is 0 Å². The first-order chi connectivity index (χ1) is 5.31. The molecule has 0 spiro atoms. The predicted molar refractivity (Wildman–Crippen MR) is 46.5 cm³/mol. The molecule has 0 amide bonds. The van der Waals surface area contributed by atoms with E-state index in [1.165, 1.54) is 0 Å². The molecule has 1 atom stereocenters. The number of unbranched alkanes of at least 4 members (excludes halogenated alkanes) is 2. The molecule has 0 radical (unpaired) electrons.